The van der Waals surface area contributed by atoms with E-state index in [1.54, 1.807) is 42.5 Å². The number of carbonyl (C=O) groups excluding carboxylic acids is 2. The van der Waals surface area contributed by atoms with Crippen molar-refractivity contribution in [1.82, 2.24) is 10.6 Å². The first-order valence-corrected chi connectivity index (χ1v) is 8.96. The molecule has 2 amide bonds. The predicted molar refractivity (Wildman–Crippen MR) is 107 cm³/mol. The van der Waals surface area contributed by atoms with Gasteiger partial charge in [0.15, 0.2) is 5.11 Å². The molecule has 130 valence electrons. The van der Waals surface area contributed by atoms with Gasteiger partial charge in [0.25, 0.3) is 11.8 Å². The van der Waals surface area contributed by atoms with Crippen LogP contribution in [0.15, 0.2) is 53.0 Å². The lowest BCUT2D eigenvalue weighted by atomic mass is 10.2. The zero-order chi connectivity index (χ0) is 18.2. The van der Waals surface area contributed by atoms with Crippen molar-refractivity contribution in [3.05, 3.63) is 64.1 Å². The monoisotopic (exact) mass is 419 g/mol. The van der Waals surface area contributed by atoms with Crippen molar-refractivity contribution in [2.24, 2.45) is 0 Å². The second kappa shape index (κ2) is 9.29. The van der Waals surface area contributed by atoms with Crippen LogP contribution in [0.2, 0.25) is 0 Å². The number of thiocarbonyl (C=S) groups is 1. The number of amides is 2. The molecule has 3 N–H and O–H groups in total. The third-order valence-corrected chi connectivity index (χ3v) is 4.16. The van der Waals surface area contributed by atoms with Gasteiger partial charge in [-0.15, -0.1) is 0 Å². The lowest BCUT2D eigenvalue weighted by Crippen LogP contribution is -2.34. The Morgan fingerprint density at radius 2 is 1.84 bits per heavy atom. The van der Waals surface area contributed by atoms with E-state index in [0.29, 0.717) is 27.8 Å². The van der Waals surface area contributed by atoms with Gasteiger partial charge in [-0.05, 0) is 64.9 Å². The number of rotatable bonds is 5. The van der Waals surface area contributed by atoms with Crippen LogP contribution in [0.25, 0.3) is 0 Å². The van der Waals surface area contributed by atoms with Crippen molar-refractivity contribution in [2.45, 2.75) is 13.3 Å². The highest BCUT2D eigenvalue weighted by atomic mass is 79.9. The second-order valence-electron chi connectivity index (χ2n) is 5.22. The quantitative estimate of drug-likeness (QED) is 0.645. The van der Waals surface area contributed by atoms with Gasteiger partial charge in [0.2, 0.25) is 0 Å². The fraction of sp³-hybridized carbons (Fsp3) is 0.167. The van der Waals surface area contributed by atoms with Gasteiger partial charge in [0.05, 0.1) is 5.56 Å². The summed E-state index contributed by atoms with van der Waals surface area (Å²) >= 11 is 8.51. The Bertz CT molecular complexity index is 795. The summed E-state index contributed by atoms with van der Waals surface area (Å²) in [5, 5.41) is 8.51. The lowest BCUT2D eigenvalue weighted by Gasteiger charge is -2.11. The number of nitrogens with one attached hydrogen (secondary N) is 3. The highest BCUT2D eigenvalue weighted by Gasteiger charge is 2.11. The standard InChI is InChI=1S/C18H18BrN3O2S/c1-2-10-20-16(23)12-6-5-7-13(11-12)21-18(25)22-17(24)14-8-3-4-9-15(14)19/h3-9,11H,2,10H2,1H3,(H,20,23)(H2,21,22,24,25). The summed E-state index contributed by atoms with van der Waals surface area (Å²) in [5.74, 6) is -0.463. The third-order valence-electron chi connectivity index (χ3n) is 3.26. The second-order valence-corrected chi connectivity index (χ2v) is 6.49. The molecule has 0 saturated heterocycles. The van der Waals surface area contributed by atoms with E-state index >= 15 is 0 Å². The van der Waals surface area contributed by atoms with Crippen LogP contribution in [0.3, 0.4) is 0 Å². The van der Waals surface area contributed by atoms with Gasteiger partial charge in [-0.2, -0.15) is 0 Å². The van der Waals surface area contributed by atoms with E-state index < -0.39 is 0 Å². The Morgan fingerprint density at radius 3 is 2.56 bits per heavy atom. The number of anilines is 1. The van der Waals surface area contributed by atoms with E-state index in [2.05, 4.69) is 31.9 Å². The molecule has 0 radical (unpaired) electrons. The first-order valence-electron chi connectivity index (χ1n) is 7.76. The summed E-state index contributed by atoms with van der Waals surface area (Å²) in [6.45, 7) is 2.61. The Balaban J connectivity index is 2.00. The van der Waals surface area contributed by atoms with Crippen molar-refractivity contribution in [3.8, 4) is 0 Å². The van der Waals surface area contributed by atoms with E-state index in [0.717, 1.165) is 6.42 Å². The van der Waals surface area contributed by atoms with Crippen LogP contribution in [-0.2, 0) is 0 Å². The van der Waals surface area contributed by atoms with Crippen molar-refractivity contribution < 1.29 is 9.59 Å². The van der Waals surface area contributed by atoms with Crippen molar-refractivity contribution in [2.75, 3.05) is 11.9 Å². The van der Waals surface area contributed by atoms with Gasteiger partial charge in [0, 0.05) is 22.3 Å². The zero-order valence-electron chi connectivity index (χ0n) is 13.6. The molecule has 0 heterocycles. The Morgan fingerprint density at radius 1 is 1.08 bits per heavy atom. The molecule has 0 spiro atoms. The predicted octanol–water partition coefficient (Wildman–Crippen LogP) is 3.72. The number of carbonyl (C=O) groups is 2. The Hall–Kier alpha value is -2.25. The molecule has 0 aliphatic carbocycles. The largest absolute Gasteiger partial charge is 0.352 e. The van der Waals surface area contributed by atoms with Gasteiger partial charge < -0.3 is 10.6 Å². The summed E-state index contributed by atoms with van der Waals surface area (Å²) in [5.41, 5.74) is 1.64. The minimum absolute atomic E-state index is 0.145. The molecule has 0 bridgehead atoms. The smallest absolute Gasteiger partial charge is 0.258 e. The van der Waals surface area contributed by atoms with E-state index in [9.17, 15) is 9.59 Å². The maximum Gasteiger partial charge on any atom is 0.258 e. The van der Waals surface area contributed by atoms with Gasteiger partial charge in [-0.25, -0.2) is 0 Å². The van der Waals surface area contributed by atoms with Crippen LogP contribution >= 0.6 is 28.1 Å². The molecule has 0 aliphatic heterocycles. The number of hydrogen-bond donors (Lipinski definition) is 3. The average Bonchev–Trinajstić information content (AvgIpc) is 2.60. The molecule has 0 fully saturated rings. The van der Waals surface area contributed by atoms with Gasteiger partial charge in [-0.1, -0.05) is 25.1 Å². The Kier molecular flexibility index (Phi) is 7.09. The number of hydrogen-bond acceptors (Lipinski definition) is 3. The first-order chi connectivity index (χ1) is 12.0. The minimum Gasteiger partial charge on any atom is -0.352 e. The summed E-state index contributed by atoms with van der Waals surface area (Å²) in [6.07, 6.45) is 0.870. The number of benzene rings is 2. The van der Waals surface area contributed by atoms with Crippen LogP contribution in [0, 0.1) is 0 Å². The van der Waals surface area contributed by atoms with E-state index in [-0.39, 0.29) is 16.9 Å². The maximum absolute atomic E-state index is 12.2. The van der Waals surface area contributed by atoms with Crippen molar-refractivity contribution in [3.63, 3.8) is 0 Å². The van der Waals surface area contributed by atoms with Crippen LogP contribution < -0.4 is 16.0 Å². The van der Waals surface area contributed by atoms with E-state index in [1.165, 1.54) is 0 Å². The normalized spacial score (nSPS) is 10.0. The summed E-state index contributed by atoms with van der Waals surface area (Å²) in [6, 6.07) is 14.0. The topological polar surface area (TPSA) is 70.2 Å². The molecule has 0 unspecified atom stereocenters. The third kappa shape index (κ3) is 5.65. The number of halogens is 1. The molecule has 2 rings (SSSR count). The minimum atomic E-state index is -0.318. The van der Waals surface area contributed by atoms with Gasteiger partial charge in [0.1, 0.15) is 0 Å². The molecular formula is C18H18BrN3O2S. The molecule has 0 saturated carbocycles. The van der Waals surface area contributed by atoms with Crippen LogP contribution in [-0.4, -0.2) is 23.5 Å². The fourth-order valence-corrected chi connectivity index (χ4v) is 2.73. The van der Waals surface area contributed by atoms with Crippen LogP contribution in [0.5, 0.6) is 0 Å². The highest BCUT2D eigenvalue weighted by Crippen LogP contribution is 2.16. The zero-order valence-corrected chi connectivity index (χ0v) is 16.0. The van der Waals surface area contributed by atoms with Crippen LogP contribution in [0.1, 0.15) is 34.1 Å². The SMILES string of the molecule is CCCNC(=O)c1cccc(NC(=S)NC(=O)c2ccccc2Br)c1. The fourth-order valence-electron chi connectivity index (χ4n) is 2.06. The summed E-state index contributed by atoms with van der Waals surface area (Å²) in [7, 11) is 0. The molecule has 0 aromatic heterocycles. The van der Waals surface area contributed by atoms with Gasteiger partial charge in [-0.3, -0.25) is 14.9 Å². The summed E-state index contributed by atoms with van der Waals surface area (Å²) < 4.78 is 0.685. The molecule has 7 heteroatoms. The van der Waals surface area contributed by atoms with Crippen LogP contribution in [0.4, 0.5) is 5.69 Å². The molecule has 0 atom stereocenters. The van der Waals surface area contributed by atoms with E-state index in [1.807, 2.05) is 13.0 Å². The lowest BCUT2D eigenvalue weighted by molar-refractivity contribution is 0.0951. The average molecular weight is 420 g/mol. The highest BCUT2D eigenvalue weighted by molar-refractivity contribution is 9.10. The molecule has 25 heavy (non-hydrogen) atoms. The molecule has 0 aliphatic rings. The maximum atomic E-state index is 12.2. The molecule has 5 nitrogen and oxygen atoms in total. The van der Waals surface area contributed by atoms with Crippen molar-refractivity contribution in [1.29, 1.82) is 0 Å². The molecule has 2 aromatic carbocycles. The van der Waals surface area contributed by atoms with Gasteiger partial charge >= 0.3 is 0 Å². The molecular weight excluding hydrogens is 402 g/mol. The van der Waals surface area contributed by atoms with Crippen molar-refractivity contribution >= 4 is 50.8 Å². The first kappa shape index (κ1) is 19.1. The van der Waals surface area contributed by atoms with E-state index in [4.69, 9.17) is 12.2 Å². The molecule has 2 aromatic rings. The Labute approximate surface area is 160 Å². The summed E-state index contributed by atoms with van der Waals surface area (Å²) in [4.78, 5) is 24.2.